The van der Waals surface area contributed by atoms with Gasteiger partial charge in [0.15, 0.2) is 0 Å². The quantitative estimate of drug-likeness (QED) is 0.478. The van der Waals surface area contributed by atoms with Gasteiger partial charge in [-0.1, -0.05) is 41.5 Å². The molecule has 10 heteroatoms. The topological polar surface area (TPSA) is 120 Å². The second kappa shape index (κ2) is 16.3. The van der Waals surface area contributed by atoms with Crippen molar-refractivity contribution in [3.05, 3.63) is 0 Å². The normalized spacial score (nSPS) is 11.3. The molecular weight excluding hydrogens is 508 g/mol. The molecule has 0 bridgehead atoms. The van der Waals surface area contributed by atoms with Crippen molar-refractivity contribution < 1.29 is 65.3 Å². The number of rotatable bonds is 6. The van der Waals surface area contributed by atoms with E-state index in [4.69, 9.17) is 0 Å². The van der Waals surface area contributed by atoms with Crippen LogP contribution in [0.3, 0.4) is 0 Å². The van der Waals surface area contributed by atoms with Gasteiger partial charge in [0.2, 0.25) is 0 Å². The van der Waals surface area contributed by atoms with Gasteiger partial charge in [-0.15, -0.1) is 0 Å². The molecule has 0 heterocycles. The zero-order chi connectivity index (χ0) is 17.7. The van der Waals surface area contributed by atoms with E-state index in [0.717, 1.165) is 0 Å². The average Bonchev–Trinajstić information content (AvgIpc) is 2.48. The van der Waals surface area contributed by atoms with Gasteiger partial charge < -0.3 is 28.4 Å². The summed E-state index contributed by atoms with van der Waals surface area (Å²) < 4.78 is 31.2. The van der Waals surface area contributed by atoms with Gasteiger partial charge in [0.25, 0.3) is 0 Å². The van der Waals surface area contributed by atoms with Crippen LogP contribution in [0.2, 0.25) is 0 Å². The minimum Gasteiger partial charge on any atom is -0.799 e. The first-order chi connectivity index (χ1) is 9.36. The molecule has 0 fully saturated rings. The first-order valence-corrected chi connectivity index (χ1v) is 13.2. The Morgan fingerprint density at radius 3 is 0.591 bits per heavy atom. The first kappa shape index (κ1) is 31.6. The van der Waals surface area contributed by atoms with E-state index in [-0.39, 0.29) is 36.9 Å². The maximum Gasteiger partial charge on any atom is 3.00 e. The van der Waals surface area contributed by atoms with Crippen molar-refractivity contribution >= 4 is 22.1 Å². The molecule has 144 valence electrons. The molecule has 6 nitrogen and oxygen atoms in total. The van der Waals surface area contributed by atoms with Crippen molar-refractivity contribution in [1.82, 2.24) is 0 Å². The van der Waals surface area contributed by atoms with Crippen LogP contribution in [0.1, 0.15) is 41.5 Å². The molecule has 0 aromatic carbocycles. The minimum absolute atomic E-state index is 0. The Kier molecular flexibility index (Phi) is 23.4. The molecule has 0 atom stereocenters. The van der Waals surface area contributed by atoms with E-state index in [1.807, 2.05) is 0 Å². The van der Waals surface area contributed by atoms with Crippen molar-refractivity contribution in [3.8, 4) is 0 Å². The van der Waals surface area contributed by atoms with Crippen LogP contribution in [0.5, 0.6) is 0 Å². The van der Waals surface area contributed by atoms with Gasteiger partial charge in [-0.3, -0.25) is 0 Å². The van der Waals surface area contributed by atoms with E-state index in [2.05, 4.69) is 0 Å². The molecule has 0 aliphatic carbocycles. The van der Waals surface area contributed by atoms with E-state index >= 15 is 0 Å². The molecule has 0 aromatic rings. The summed E-state index contributed by atoms with van der Waals surface area (Å²) in [5.74, 6) is 0. The van der Waals surface area contributed by atoms with E-state index in [1.54, 1.807) is 41.5 Å². The fourth-order valence-electron chi connectivity index (χ4n) is 0.671. The summed E-state index contributed by atoms with van der Waals surface area (Å²) in [4.78, 5) is 31.2. The Labute approximate surface area is 165 Å². The summed E-state index contributed by atoms with van der Waals surface area (Å²) >= 11 is 0. The third kappa shape index (κ3) is 24.1. The third-order valence-corrected chi connectivity index (χ3v) is 8.67. The summed E-state index contributed by atoms with van der Waals surface area (Å²) in [7, 11) is -8.71. The molecule has 0 unspecified atom stereocenters. The zero-order valence-electron chi connectivity index (χ0n) is 14.3. The van der Waals surface area contributed by atoms with Crippen LogP contribution in [0.4, 0.5) is 0 Å². The van der Waals surface area contributed by atoms with E-state index in [0.29, 0.717) is 37.0 Å². The fraction of sp³-hybridized carbons (Fsp3) is 1.00. The Morgan fingerprint density at radius 2 is 0.591 bits per heavy atom. The molecule has 0 saturated carbocycles. The minimum atomic E-state index is -2.90. The van der Waals surface area contributed by atoms with Gasteiger partial charge in [0.05, 0.1) is 0 Å². The Hall–Kier alpha value is 1.80. The van der Waals surface area contributed by atoms with Crippen LogP contribution in [0.15, 0.2) is 0 Å². The molecule has 0 saturated heterocycles. The summed E-state index contributed by atoms with van der Waals surface area (Å²) in [5, 5.41) is 0. The van der Waals surface area contributed by atoms with Gasteiger partial charge in [0, 0.05) is 22.1 Å². The predicted molar refractivity (Wildman–Crippen MR) is 86.1 cm³/mol. The van der Waals surface area contributed by atoms with Gasteiger partial charge in [-0.05, 0) is 37.0 Å². The van der Waals surface area contributed by atoms with Gasteiger partial charge >= 0.3 is 36.9 Å². The smallest absolute Gasteiger partial charge is 0.799 e. The predicted octanol–water partition coefficient (Wildman–Crippen LogP) is 1.99. The van der Waals surface area contributed by atoms with Gasteiger partial charge in [-0.25, -0.2) is 0 Å². The molecule has 0 amide bonds. The SMILES string of the molecule is CCP(=O)([O-])CC.CCP(=O)([O-])CC.CCP(=O)([O-])CC.[Lu+3]. The molecule has 0 N–H and O–H groups in total. The van der Waals surface area contributed by atoms with Crippen LogP contribution in [0.25, 0.3) is 0 Å². The van der Waals surface area contributed by atoms with Crippen molar-refractivity contribution in [2.45, 2.75) is 41.5 Å². The van der Waals surface area contributed by atoms with Crippen molar-refractivity contribution in [2.75, 3.05) is 37.0 Å². The maximum atomic E-state index is 10.4. The van der Waals surface area contributed by atoms with Crippen LogP contribution in [-0.4, -0.2) is 37.0 Å². The van der Waals surface area contributed by atoms with Crippen molar-refractivity contribution in [3.63, 3.8) is 0 Å². The average molecular weight is 538 g/mol. The van der Waals surface area contributed by atoms with E-state index in [9.17, 15) is 28.4 Å². The largest absolute Gasteiger partial charge is 3.00 e. The second-order valence-corrected chi connectivity index (χ2v) is 13.0. The molecule has 0 radical (unpaired) electrons. The van der Waals surface area contributed by atoms with Gasteiger partial charge in [-0.2, -0.15) is 0 Å². The molecule has 0 spiro atoms. The van der Waals surface area contributed by atoms with E-state index in [1.165, 1.54) is 0 Å². The molecule has 0 aromatic heterocycles. The van der Waals surface area contributed by atoms with Crippen LogP contribution in [0, 0.1) is 36.9 Å². The molecule has 22 heavy (non-hydrogen) atoms. The summed E-state index contributed by atoms with van der Waals surface area (Å²) in [6.45, 7) is 9.98. The van der Waals surface area contributed by atoms with Crippen molar-refractivity contribution in [1.29, 1.82) is 0 Å². The van der Waals surface area contributed by atoms with Crippen LogP contribution < -0.4 is 14.7 Å². The van der Waals surface area contributed by atoms with E-state index < -0.39 is 22.1 Å². The molecule has 0 aliphatic rings. The Morgan fingerprint density at radius 1 is 0.500 bits per heavy atom. The van der Waals surface area contributed by atoms with Crippen molar-refractivity contribution in [2.24, 2.45) is 0 Å². The molecule has 0 aliphatic heterocycles. The summed E-state index contributed by atoms with van der Waals surface area (Å²) in [6.07, 6.45) is 1.77. The zero-order valence-corrected chi connectivity index (χ0v) is 18.6. The number of hydrogen-bond acceptors (Lipinski definition) is 6. The number of hydrogen-bond donors (Lipinski definition) is 0. The second-order valence-electron chi connectivity index (χ2n) is 4.34. The van der Waals surface area contributed by atoms with Crippen LogP contribution in [-0.2, 0) is 13.7 Å². The monoisotopic (exact) mass is 538 g/mol. The fourth-order valence-corrected chi connectivity index (χ4v) is 2.01. The molecular formula is C12H30LuO6P3. The summed E-state index contributed by atoms with van der Waals surface area (Å²) in [6, 6.07) is 0. The third-order valence-electron chi connectivity index (χ3n) is 2.89. The first-order valence-electron chi connectivity index (χ1n) is 7.24. The Balaban J connectivity index is -0.000000108. The van der Waals surface area contributed by atoms with Gasteiger partial charge in [0.1, 0.15) is 0 Å². The standard InChI is InChI=1S/3C4H11O2P.Lu/c3*1-3-7(5,6)4-2;/h3*3-4H2,1-2H3,(H,5,6);/q;;;+3/p-3. The van der Waals surface area contributed by atoms with Crippen LogP contribution >= 0.6 is 22.1 Å². The maximum absolute atomic E-state index is 10.4. The Bertz CT molecular complexity index is 308. The summed E-state index contributed by atoms with van der Waals surface area (Å²) in [5.41, 5.74) is 0. The molecule has 0 rings (SSSR count).